The number of carbonyl (C=O) groups excluding carboxylic acids is 2. The molecule has 0 aliphatic rings. The summed E-state index contributed by atoms with van der Waals surface area (Å²) >= 11 is 0. The van der Waals surface area contributed by atoms with E-state index in [9.17, 15) is 9.59 Å². The molecule has 5 heteroatoms. The highest BCUT2D eigenvalue weighted by Gasteiger charge is 2.06. The van der Waals surface area contributed by atoms with Crippen molar-refractivity contribution in [2.75, 3.05) is 19.0 Å². The van der Waals surface area contributed by atoms with Gasteiger partial charge in [0.25, 0.3) is 0 Å². The molecule has 2 aromatic carbocycles. The molecule has 1 amide bonds. The summed E-state index contributed by atoms with van der Waals surface area (Å²) in [5, 5.41) is 2.69. The monoisotopic (exact) mass is 363 g/mol. The summed E-state index contributed by atoms with van der Waals surface area (Å²) in [6.45, 7) is 0.483. The molecule has 0 aromatic heterocycles. The molecule has 0 fully saturated rings. The van der Waals surface area contributed by atoms with Crippen LogP contribution in [0.5, 0.6) is 11.5 Å². The van der Waals surface area contributed by atoms with Crippen LogP contribution in [0.25, 0.3) is 6.08 Å². The fraction of sp³-hybridized carbons (Fsp3) is 0.182. The minimum Gasteiger partial charge on any atom is -0.493 e. The van der Waals surface area contributed by atoms with Gasteiger partial charge in [0, 0.05) is 18.1 Å². The van der Waals surface area contributed by atoms with Crippen molar-refractivity contribution < 1.29 is 19.1 Å². The van der Waals surface area contributed by atoms with Crippen molar-refractivity contribution >= 4 is 24.0 Å². The van der Waals surface area contributed by atoms with Gasteiger partial charge in [-0.2, -0.15) is 0 Å². The van der Waals surface area contributed by atoms with E-state index < -0.39 is 0 Å². The summed E-state index contributed by atoms with van der Waals surface area (Å²) in [6, 6.07) is 12.2. The van der Waals surface area contributed by atoms with E-state index in [0.717, 1.165) is 12.0 Å². The summed E-state index contributed by atoms with van der Waals surface area (Å²) in [6.07, 6.45) is 10.4. The second-order valence-corrected chi connectivity index (χ2v) is 5.59. The highest BCUT2D eigenvalue weighted by molar-refractivity contribution is 6.04. The van der Waals surface area contributed by atoms with Gasteiger partial charge in [-0.15, -0.1) is 12.3 Å². The molecule has 5 nitrogen and oxygen atoms in total. The molecule has 2 aromatic rings. The number of aldehydes is 1. The fourth-order valence-corrected chi connectivity index (χ4v) is 2.33. The summed E-state index contributed by atoms with van der Waals surface area (Å²) < 4.78 is 11.0. The van der Waals surface area contributed by atoms with E-state index in [0.29, 0.717) is 42.1 Å². The molecule has 0 saturated heterocycles. The Morgan fingerprint density at radius 3 is 2.78 bits per heavy atom. The molecule has 1 N–H and O–H groups in total. The van der Waals surface area contributed by atoms with Gasteiger partial charge in [-0.3, -0.25) is 9.59 Å². The van der Waals surface area contributed by atoms with E-state index >= 15 is 0 Å². The predicted molar refractivity (Wildman–Crippen MR) is 106 cm³/mol. The molecule has 2 rings (SSSR count). The normalized spacial score (nSPS) is 10.2. The zero-order valence-electron chi connectivity index (χ0n) is 15.1. The van der Waals surface area contributed by atoms with E-state index in [2.05, 4.69) is 11.2 Å². The number of hydrogen-bond acceptors (Lipinski definition) is 4. The van der Waals surface area contributed by atoms with Crippen molar-refractivity contribution in [3.05, 3.63) is 59.7 Å². The highest BCUT2D eigenvalue weighted by atomic mass is 16.5. The number of para-hydroxylation sites is 1. The minimum absolute atomic E-state index is 0.336. The number of anilines is 1. The van der Waals surface area contributed by atoms with Crippen LogP contribution in [0.15, 0.2) is 48.5 Å². The average Bonchev–Trinajstić information content (AvgIpc) is 2.70. The molecule has 0 radical (unpaired) electrons. The average molecular weight is 363 g/mol. The van der Waals surface area contributed by atoms with E-state index in [1.54, 1.807) is 49.6 Å². The molecule has 0 unspecified atom stereocenters. The largest absolute Gasteiger partial charge is 0.493 e. The summed E-state index contributed by atoms with van der Waals surface area (Å²) in [5.74, 6) is 3.42. The SMILES string of the molecule is C#CCCCOc1cc(/C=C/C(=O)Nc2ccccc2C=O)ccc1OC. The number of terminal acetylenes is 1. The maximum atomic E-state index is 12.1. The Morgan fingerprint density at radius 2 is 2.04 bits per heavy atom. The third-order valence-electron chi connectivity index (χ3n) is 3.68. The van der Waals surface area contributed by atoms with Crippen molar-refractivity contribution in [3.8, 4) is 23.8 Å². The number of carbonyl (C=O) groups is 2. The van der Waals surface area contributed by atoms with Crippen LogP contribution in [0.4, 0.5) is 5.69 Å². The lowest BCUT2D eigenvalue weighted by atomic mass is 10.1. The van der Waals surface area contributed by atoms with E-state index in [-0.39, 0.29) is 5.91 Å². The standard InChI is InChI=1S/C22H21NO4/c1-3-4-7-14-27-21-15-17(10-12-20(21)26-2)11-13-22(25)23-19-9-6-5-8-18(19)16-24/h1,5-6,8-13,15-16H,4,7,14H2,2H3,(H,23,25)/b13-11+. The molecular weight excluding hydrogens is 342 g/mol. The van der Waals surface area contributed by atoms with E-state index in [1.807, 2.05) is 6.07 Å². The predicted octanol–water partition coefficient (Wildman–Crippen LogP) is 3.95. The van der Waals surface area contributed by atoms with Gasteiger partial charge in [0.15, 0.2) is 17.8 Å². The first-order valence-electron chi connectivity index (χ1n) is 8.45. The van der Waals surface area contributed by atoms with Gasteiger partial charge in [0.05, 0.1) is 19.4 Å². The molecule has 0 aliphatic carbocycles. The van der Waals surface area contributed by atoms with Crippen LogP contribution < -0.4 is 14.8 Å². The second kappa shape index (κ2) is 10.5. The lowest BCUT2D eigenvalue weighted by molar-refractivity contribution is -0.111. The number of amides is 1. The van der Waals surface area contributed by atoms with Crippen LogP contribution in [-0.4, -0.2) is 25.9 Å². The maximum absolute atomic E-state index is 12.1. The second-order valence-electron chi connectivity index (χ2n) is 5.59. The zero-order chi connectivity index (χ0) is 19.5. The highest BCUT2D eigenvalue weighted by Crippen LogP contribution is 2.28. The Morgan fingerprint density at radius 1 is 1.22 bits per heavy atom. The van der Waals surface area contributed by atoms with Gasteiger partial charge < -0.3 is 14.8 Å². The molecule has 0 saturated carbocycles. The Hall–Kier alpha value is -3.52. The van der Waals surface area contributed by atoms with Gasteiger partial charge in [0.1, 0.15) is 0 Å². The number of ether oxygens (including phenoxy) is 2. The van der Waals surface area contributed by atoms with Gasteiger partial charge in [0.2, 0.25) is 5.91 Å². The lowest BCUT2D eigenvalue weighted by Gasteiger charge is -2.11. The van der Waals surface area contributed by atoms with Crippen LogP contribution in [0, 0.1) is 12.3 Å². The van der Waals surface area contributed by atoms with Gasteiger partial charge in [-0.1, -0.05) is 18.2 Å². The molecule has 0 atom stereocenters. The number of rotatable bonds is 9. The molecule has 0 heterocycles. The quantitative estimate of drug-likeness (QED) is 0.317. The van der Waals surface area contributed by atoms with Gasteiger partial charge in [-0.05, 0) is 42.3 Å². The van der Waals surface area contributed by atoms with E-state index in [1.165, 1.54) is 6.08 Å². The number of hydrogen-bond donors (Lipinski definition) is 1. The number of unbranched alkanes of at least 4 members (excludes halogenated alkanes) is 1. The van der Waals surface area contributed by atoms with Crippen LogP contribution in [0.3, 0.4) is 0 Å². The van der Waals surface area contributed by atoms with Crippen molar-refractivity contribution in [2.24, 2.45) is 0 Å². The third-order valence-corrected chi connectivity index (χ3v) is 3.68. The Kier molecular flexibility index (Phi) is 7.68. The molecular formula is C22H21NO4. The van der Waals surface area contributed by atoms with Gasteiger partial charge in [-0.25, -0.2) is 0 Å². The smallest absolute Gasteiger partial charge is 0.248 e. The fourth-order valence-electron chi connectivity index (χ4n) is 2.33. The van der Waals surface area contributed by atoms with Crippen LogP contribution in [0.2, 0.25) is 0 Å². The minimum atomic E-state index is -0.336. The van der Waals surface area contributed by atoms with E-state index in [4.69, 9.17) is 15.9 Å². The first kappa shape index (κ1) is 19.8. The Bertz CT molecular complexity index is 865. The van der Waals surface area contributed by atoms with Crippen LogP contribution >= 0.6 is 0 Å². The number of methoxy groups -OCH3 is 1. The van der Waals surface area contributed by atoms with Crippen molar-refractivity contribution in [1.82, 2.24) is 0 Å². The first-order chi connectivity index (χ1) is 13.2. The van der Waals surface area contributed by atoms with Crippen molar-refractivity contribution in [3.63, 3.8) is 0 Å². The topological polar surface area (TPSA) is 64.6 Å². The van der Waals surface area contributed by atoms with Crippen molar-refractivity contribution in [1.29, 1.82) is 0 Å². The zero-order valence-corrected chi connectivity index (χ0v) is 15.1. The number of benzene rings is 2. The molecule has 0 spiro atoms. The summed E-state index contributed by atoms with van der Waals surface area (Å²) in [4.78, 5) is 23.1. The summed E-state index contributed by atoms with van der Waals surface area (Å²) in [5.41, 5.74) is 1.67. The maximum Gasteiger partial charge on any atom is 0.248 e. The Labute approximate surface area is 159 Å². The Balaban J connectivity index is 2.05. The molecule has 0 aliphatic heterocycles. The molecule has 138 valence electrons. The van der Waals surface area contributed by atoms with Crippen LogP contribution in [0.1, 0.15) is 28.8 Å². The lowest BCUT2D eigenvalue weighted by Crippen LogP contribution is -2.09. The number of nitrogens with one attached hydrogen (secondary N) is 1. The molecule has 27 heavy (non-hydrogen) atoms. The van der Waals surface area contributed by atoms with Crippen LogP contribution in [-0.2, 0) is 4.79 Å². The first-order valence-corrected chi connectivity index (χ1v) is 8.45. The summed E-state index contributed by atoms with van der Waals surface area (Å²) in [7, 11) is 1.57. The van der Waals surface area contributed by atoms with Gasteiger partial charge >= 0.3 is 0 Å². The molecule has 0 bridgehead atoms. The van der Waals surface area contributed by atoms with Crippen molar-refractivity contribution in [2.45, 2.75) is 12.8 Å². The third kappa shape index (κ3) is 6.05.